The van der Waals surface area contributed by atoms with Crippen LogP contribution >= 0.6 is 0 Å². The Morgan fingerprint density at radius 3 is 2.00 bits per heavy atom. The molecule has 2 fully saturated rings. The SMILES string of the molecule is COC[C@@]1(O[C@H]2O[C@H](CO)[C@@H](O)[C@H](O)[C@H]2O)O[C@H](CO)[C@@H](O)[C@@H]1O. The highest BCUT2D eigenvalue weighted by molar-refractivity contribution is 4.98. The number of rotatable bonds is 6. The molecule has 0 aromatic carbocycles. The number of aliphatic hydroxyl groups is 7. The van der Waals surface area contributed by atoms with Crippen LogP contribution in [0.1, 0.15) is 0 Å². The van der Waals surface area contributed by atoms with Crippen LogP contribution in [0.2, 0.25) is 0 Å². The fraction of sp³-hybridized carbons (Fsp3) is 1.00. The molecule has 11 heteroatoms. The van der Waals surface area contributed by atoms with Crippen molar-refractivity contribution in [2.24, 2.45) is 0 Å². The van der Waals surface area contributed by atoms with Crippen molar-refractivity contribution in [3.05, 3.63) is 0 Å². The molecular weight excluding hydrogens is 332 g/mol. The topological polar surface area (TPSA) is 179 Å². The predicted molar refractivity (Wildman–Crippen MR) is 73.4 cm³/mol. The first-order valence-electron chi connectivity index (χ1n) is 7.43. The Labute approximate surface area is 137 Å². The summed E-state index contributed by atoms with van der Waals surface area (Å²) in [4.78, 5) is 0. The highest BCUT2D eigenvalue weighted by atomic mass is 16.8. The van der Waals surface area contributed by atoms with Crippen LogP contribution in [0.15, 0.2) is 0 Å². The Kier molecular flexibility index (Phi) is 6.50. The van der Waals surface area contributed by atoms with E-state index >= 15 is 0 Å². The van der Waals surface area contributed by atoms with E-state index in [2.05, 4.69) is 0 Å². The molecule has 7 N–H and O–H groups in total. The summed E-state index contributed by atoms with van der Waals surface area (Å²) in [6, 6.07) is 0. The molecule has 2 saturated heterocycles. The minimum Gasteiger partial charge on any atom is -0.394 e. The lowest BCUT2D eigenvalue weighted by Crippen LogP contribution is -2.62. The van der Waals surface area contributed by atoms with Gasteiger partial charge in [0.05, 0.1) is 13.2 Å². The highest BCUT2D eigenvalue weighted by Crippen LogP contribution is 2.36. The molecule has 0 radical (unpaired) electrons. The van der Waals surface area contributed by atoms with Crippen molar-refractivity contribution in [1.29, 1.82) is 0 Å². The number of methoxy groups -OCH3 is 1. The molecule has 0 aromatic rings. The van der Waals surface area contributed by atoms with Crippen LogP contribution in [0, 0.1) is 0 Å². The predicted octanol–water partition coefficient (Wildman–Crippen LogP) is -4.74. The van der Waals surface area contributed by atoms with Crippen LogP contribution in [0.3, 0.4) is 0 Å². The van der Waals surface area contributed by atoms with Crippen molar-refractivity contribution in [3.63, 3.8) is 0 Å². The summed E-state index contributed by atoms with van der Waals surface area (Å²) in [6.07, 6.45) is -12.1. The lowest BCUT2D eigenvalue weighted by atomic mass is 9.99. The van der Waals surface area contributed by atoms with E-state index in [1.165, 1.54) is 7.11 Å². The summed E-state index contributed by atoms with van der Waals surface area (Å²) in [6.45, 7) is -1.66. The lowest BCUT2D eigenvalue weighted by Gasteiger charge is -2.43. The average molecular weight is 356 g/mol. The fourth-order valence-electron chi connectivity index (χ4n) is 2.82. The number of hydrogen-bond donors (Lipinski definition) is 7. The van der Waals surface area contributed by atoms with E-state index in [0.717, 1.165) is 0 Å². The van der Waals surface area contributed by atoms with Gasteiger partial charge in [0.25, 0.3) is 0 Å². The van der Waals surface area contributed by atoms with Crippen molar-refractivity contribution in [1.82, 2.24) is 0 Å². The molecule has 0 amide bonds. The van der Waals surface area contributed by atoms with Gasteiger partial charge in [-0.2, -0.15) is 0 Å². The summed E-state index contributed by atoms with van der Waals surface area (Å²) in [5.41, 5.74) is 0. The van der Waals surface area contributed by atoms with Crippen molar-refractivity contribution in [3.8, 4) is 0 Å². The Morgan fingerprint density at radius 2 is 1.50 bits per heavy atom. The Bertz CT molecular complexity index is 407. The molecule has 0 spiro atoms. The van der Waals surface area contributed by atoms with Gasteiger partial charge >= 0.3 is 0 Å². The van der Waals surface area contributed by atoms with Gasteiger partial charge in [-0.05, 0) is 0 Å². The number of ether oxygens (including phenoxy) is 4. The molecule has 0 aromatic heterocycles. The monoisotopic (exact) mass is 356 g/mol. The Balaban J connectivity index is 2.21. The van der Waals surface area contributed by atoms with E-state index in [0.29, 0.717) is 0 Å². The third kappa shape index (κ3) is 3.43. The van der Waals surface area contributed by atoms with Gasteiger partial charge in [0.1, 0.15) is 49.3 Å². The first kappa shape index (κ1) is 19.9. The zero-order valence-electron chi connectivity index (χ0n) is 13.0. The molecule has 2 aliphatic rings. The third-order valence-corrected chi connectivity index (χ3v) is 4.20. The van der Waals surface area contributed by atoms with Crippen LogP contribution in [0.5, 0.6) is 0 Å². The van der Waals surface area contributed by atoms with Gasteiger partial charge in [0, 0.05) is 7.11 Å². The maximum Gasteiger partial charge on any atom is 0.224 e. The molecule has 0 saturated carbocycles. The molecule has 2 aliphatic heterocycles. The molecule has 9 atom stereocenters. The van der Waals surface area contributed by atoms with Crippen molar-refractivity contribution >= 4 is 0 Å². The van der Waals surface area contributed by atoms with E-state index in [4.69, 9.17) is 18.9 Å². The first-order valence-corrected chi connectivity index (χ1v) is 7.43. The molecule has 2 heterocycles. The molecule has 11 nitrogen and oxygen atoms in total. The van der Waals surface area contributed by atoms with Gasteiger partial charge in [-0.1, -0.05) is 0 Å². The Hall–Kier alpha value is -0.440. The second-order valence-electron chi connectivity index (χ2n) is 5.83. The lowest BCUT2D eigenvalue weighted by molar-refractivity contribution is -0.384. The highest BCUT2D eigenvalue weighted by Gasteiger charge is 2.58. The minimum absolute atomic E-state index is 0.392. The van der Waals surface area contributed by atoms with Crippen molar-refractivity contribution < 1.29 is 54.7 Å². The molecule has 0 unspecified atom stereocenters. The molecule has 24 heavy (non-hydrogen) atoms. The Morgan fingerprint density at radius 1 is 0.875 bits per heavy atom. The van der Waals surface area contributed by atoms with Crippen LogP contribution < -0.4 is 0 Å². The van der Waals surface area contributed by atoms with Gasteiger partial charge in [0.2, 0.25) is 5.79 Å². The maximum atomic E-state index is 10.2. The van der Waals surface area contributed by atoms with Gasteiger partial charge in [-0.3, -0.25) is 0 Å². The standard InChI is InChI=1S/C13H24O11/c1-21-4-13(11(20)8(17)6(3-15)23-13)24-12-10(19)9(18)7(16)5(2-14)22-12/h5-12,14-20H,2-4H2,1H3/t5-,6-,7-,8-,9+,10-,11+,12-,13+/m1/s1. The smallest absolute Gasteiger partial charge is 0.224 e. The van der Waals surface area contributed by atoms with E-state index in [1.807, 2.05) is 0 Å². The number of aliphatic hydroxyl groups excluding tert-OH is 7. The van der Waals surface area contributed by atoms with Crippen LogP contribution in [0.25, 0.3) is 0 Å². The van der Waals surface area contributed by atoms with Crippen LogP contribution in [0.4, 0.5) is 0 Å². The molecule has 2 rings (SSSR count). The zero-order chi connectivity index (χ0) is 18.1. The first-order chi connectivity index (χ1) is 11.3. The second kappa shape index (κ2) is 7.85. The fourth-order valence-corrected chi connectivity index (χ4v) is 2.82. The van der Waals surface area contributed by atoms with Crippen LogP contribution in [-0.4, -0.2) is 117 Å². The summed E-state index contributed by atoms with van der Waals surface area (Å²) >= 11 is 0. The summed E-state index contributed by atoms with van der Waals surface area (Å²) in [7, 11) is 1.27. The quantitative estimate of drug-likeness (QED) is 0.243. The van der Waals surface area contributed by atoms with Crippen LogP contribution in [-0.2, 0) is 18.9 Å². The van der Waals surface area contributed by atoms with E-state index in [-0.39, 0.29) is 0 Å². The average Bonchev–Trinajstić information content (AvgIpc) is 2.80. The largest absolute Gasteiger partial charge is 0.394 e. The van der Waals surface area contributed by atoms with Gasteiger partial charge in [-0.15, -0.1) is 0 Å². The van der Waals surface area contributed by atoms with Crippen molar-refractivity contribution in [2.75, 3.05) is 26.9 Å². The van der Waals surface area contributed by atoms with Gasteiger partial charge in [-0.25, -0.2) is 0 Å². The molecule has 0 aliphatic carbocycles. The summed E-state index contributed by atoms with van der Waals surface area (Å²) < 4.78 is 20.9. The van der Waals surface area contributed by atoms with E-state index in [9.17, 15) is 35.7 Å². The molecule has 0 bridgehead atoms. The maximum absolute atomic E-state index is 10.2. The zero-order valence-corrected chi connectivity index (χ0v) is 13.0. The third-order valence-electron chi connectivity index (χ3n) is 4.20. The van der Waals surface area contributed by atoms with Gasteiger partial charge < -0.3 is 54.7 Å². The normalized spacial score (nSPS) is 49.5. The second-order valence-corrected chi connectivity index (χ2v) is 5.83. The molecule has 142 valence electrons. The van der Waals surface area contributed by atoms with Crippen molar-refractivity contribution in [2.45, 2.75) is 54.8 Å². The van der Waals surface area contributed by atoms with E-state index < -0.39 is 74.6 Å². The summed E-state index contributed by atoms with van der Waals surface area (Å²) in [5.74, 6) is -1.99. The van der Waals surface area contributed by atoms with E-state index in [1.54, 1.807) is 0 Å². The number of hydrogen-bond acceptors (Lipinski definition) is 11. The summed E-state index contributed by atoms with van der Waals surface area (Å²) in [5, 5.41) is 68.0. The molecular formula is C13H24O11. The minimum atomic E-state index is -1.99. The van der Waals surface area contributed by atoms with Gasteiger partial charge in [0.15, 0.2) is 6.29 Å².